The fourth-order valence-corrected chi connectivity index (χ4v) is 2.36. The lowest BCUT2D eigenvalue weighted by molar-refractivity contribution is -0.0630. The molecule has 0 aromatic rings. The lowest BCUT2D eigenvalue weighted by atomic mass is 10.1. The van der Waals surface area contributed by atoms with Crippen molar-refractivity contribution in [3.05, 3.63) is 25.3 Å². The first-order chi connectivity index (χ1) is 9.62. The molecular weight excluding hydrogens is 268 g/mol. The maximum atomic E-state index is 12.5. The molecule has 1 rings (SSSR count). The van der Waals surface area contributed by atoms with Gasteiger partial charge in [-0.05, 0) is 34.6 Å². The van der Waals surface area contributed by atoms with Crippen molar-refractivity contribution in [1.29, 1.82) is 0 Å². The minimum Gasteiger partial charge on any atom is -0.444 e. The van der Waals surface area contributed by atoms with Crippen LogP contribution in [0.5, 0.6) is 0 Å². The van der Waals surface area contributed by atoms with Crippen LogP contribution in [0.25, 0.3) is 0 Å². The molecule has 1 heterocycles. The van der Waals surface area contributed by atoms with E-state index in [0.717, 1.165) is 0 Å². The van der Waals surface area contributed by atoms with Crippen LogP contribution in [0.1, 0.15) is 34.6 Å². The molecule has 120 valence electrons. The first-order valence-electron chi connectivity index (χ1n) is 7.25. The van der Waals surface area contributed by atoms with Crippen molar-refractivity contribution < 1.29 is 14.3 Å². The van der Waals surface area contributed by atoms with Crippen molar-refractivity contribution in [2.45, 2.75) is 58.0 Å². The molecule has 21 heavy (non-hydrogen) atoms. The summed E-state index contributed by atoms with van der Waals surface area (Å²) in [4.78, 5) is 14.2. The Bertz CT molecular complexity index is 399. The second-order valence-electron chi connectivity index (χ2n) is 6.63. The van der Waals surface area contributed by atoms with Gasteiger partial charge in [-0.2, -0.15) is 0 Å². The summed E-state index contributed by atoms with van der Waals surface area (Å²) in [7, 11) is 0. The average molecular weight is 296 g/mol. The normalized spacial score (nSPS) is 22.7. The molecule has 1 amide bonds. The maximum absolute atomic E-state index is 12.5. The van der Waals surface area contributed by atoms with Gasteiger partial charge in [-0.3, -0.25) is 4.90 Å². The summed E-state index contributed by atoms with van der Waals surface area (Å²) in [5, 5.41) is 3.28. The molecule has 1 unspecified atom stereocenters. The highest BCUT2D eigenvalue weighted by molar-refractivity contribution is 5.70. The highest BCUT2D eigenvalue weighted by Gasteiger charge is 2.47. The number of hydrogen-bond acceptors (Lipinski definition) is 4. The van der Waals surface area contributed by atoms with Gasteiger partial charge < -0.3 is 14.8 Å². The summed E-state index contributed by atoms with van der Waals surface area (Å²) in [6, 6.07) is -0.246. The molecule has 0 saturated carbocycles. The molecule has 0 aromatic heterocycles. The highest BCUT2D eigenvalue weighted by atomic mass is 16.6. The summed E-state index contributed by atoms with van der Waals surface area (Å²) in [6.07, 6.45) is 3.19. The highest BCUT2D eigenvalue weighted by Crippen LogP contribution is 2.31. The van der Waals surface area contributed by atoms with Crippen LogP contribution < -0.4 is 5.32 Å². The molecule has 2 atom stereocenters. The Hall–Kier alpha value is -1.33. The summed E-state index contributed by atoms with van der Waals surface area (Å²) in [5.41, 5.74) is -1.25. The summed E-state index contributed by atoms with van der Waals surface area (Å²) in [5.74, 6) is 0. The largest absolute Gasteiger partial charge is 0.444 e. The van der Waals surface area contributed by atoms with E-state index in [1.807, 2.05) is 34.6 Å². The van der Waals surface area contributed by atoms with Gasteiger partial charge in [0.25, 0.3) is 0 Å². The summed E-state index contributed by atoms with van der Waals surface area (Å²) in [6.45, 7) is 17.9. The van der Waals surface area contributed by atoms with Gasteiger partial charge in [-0.15, -0.1) is 13.2 Å². The van der Waals surface area contributed by atoms with E-state index in [-0.39, 0.29) is 18.2 Å². The van der Waals surface area contributed by atoms with Gasteiger partial charge in [0.1, 0.15) is 11.3 Å². The standard InChI is InChI=1S/C16H28N2O3/c1-8-10-17-12(9-2)13-11-20-16(6,7)18(13)14(19)21-15(3,4)5/h8-9,12-13,17H,1-2,10-11H2,3-7H3/t12?,13-/m0/s1. The van der Waals surface area contributed by atoms with Crippen LogP contribution in [-0.2, 0) is 9.47 Å². The predicted octanol–water partition coefficient (Wildman–Crippen LogP) is 2.69. The fraction of sp³-hybridized carbons (Fsp3) is 0.688. The van der Waals surface area contributed by atoms with Crippen molar-refractivity contribution in [1.82, 2.24) is 10.2 Å². The SMILES string of the molecule is C=CCNC(C=C)[C@@H]1COC(C)(C)N1C(=O)OC(C)(C)C. The molecule has 0 aliphatic carbocycles. The van der Waals surface area contributed by atoms with Crippen LogP contribution in [-0.4, -0.2) is 47.6 Å². The van der Waals surface area contributed by atoms with E-state index in [1.54, 1.807) is 17.1 Å². The van der Waals surface area contributed by atoms with Gasteiger partial charge in [-0.1, -0.05) is 12.2 Å². The molecule has 0 radical (unpaired) electrons. The Labute approximate surface area is 128 Å². The topological polar surface area (TPSA) is 50.8 Å². The van der Waals surface area contributed by atoms with Gasteiger partial charge in [0, 0.05) is 12.6 Å². The van der Waals surface area contributed by atoms with Crippen LogP contribution in [0.3, 0.4) is 0 Å². The minimum absolute atomic E-state index is 0.0858. The Morgan fingerprint density at radius 3 is 2.62 bits per heavy atom. The van der Waals surface area contributed by atoms with Crippen molar-refractivity contribution in [2.75, 3.05) is 13.2 Å². The van der Waals surface area contributed by atoms with Crippen LogP contribution >= 0.6 is 0 Å². The molecule has 1 fully saturated rings. The van der Waals surface area contributed by atoms with Crippen LogP contribution in [0.2, 0.25) is 0 Å². The van der Waals surface area contributed by atoms with Crippen molar-refractivity contribution in [3.63, 3.8) is 0 Å². The van der Waals surface area contributed by atoms with E-state index in [1.165, 1.54) is 0 Å². The molecule has 1 aliphatic heterocycles. The molecule has 0 spiro atoms. The Morgan fingerprint density at radius 1 is 1.52 bits per heavy atom. The third kappa shape index (κ3) is 4.58. The van der Waals surface area contributed by atoms with E-state index >= 15 is 0 Å². The number of carbonyl (C=O) groups is 1. The van der Waals surface area contributed by atoms with E-state index in [0.29, 0.717) is 13.2 Å². The first-order valence-corrected chi connectivity index (χ1v) is 7.25. The monoisotopic (exact) mass is 296 g/mol. The molecule has 5 heteroatoms. The number of rotatable bonds is 5. The molecular formula is C16H28N2O3. The zero-order chi connectivity index (χ0) is 16.3. The van der Waals surface area contributed by atoms with Crippen molar-refractivity contribution in [2.24, 2.45) is 0 Å². The smallest absolute Gasteiger partial charge is 0.412 e. The van der Waals surface area contributed by atoms with Crippen molar-refractivity contribution >= 4 is 6.09 Å². The Balaban J connectivity index is 2.94. The number of carbonyl (C=O) groups excluding carboxylic acids is 1. The minimum atomic E-state index is -0.704. The van der Waals surface area contributed by atoms with Gasteiger partial charge >= 0.3 is 6.09 Å². The second-order valence-corrected chi connectivity index (χ2v) is 6.63. The molecule has 1 saturated heterocycles. The number of ether oxygens (including phenoxy) is 2. The van der Waals surface area contributed by atoms with Crippen LogP contribution in [0.4, 0.5) is 4.79 Å². The van der Waals surface area contributed by atoms with Gasteiger partial charge in [-0.25, -0.2) is 4.79 Å². The first kappa shape index (κ1) is 17.7. The lowest BCUT2D eigenvalue weighted by Gasteiger charge is -2.37. The van der Waals surface area contributed by atoms with Gasteiger partial charge in [0.15, 0.2) is 0 Å². The Kier molecular flexibility index (Phi) is 5.59. The predicted molar refractivity (Wildman–Crippen MR) is 84.1 cm³/mol. The number of nitrogens with one attached hydrogen (secondary N) is 1. The second kappa shape index (κ2) is 6.62. The van der Waals surface area contributed by atoms with E-state index in [2.05, 4.69) is 18.5 Å². The molecule has 0 aromatic carbocycles. The quantitative estimate of drug-likeness (QED) is 0.793. The van der Waals surface area contributed by atoms with Crippen LogP contribution in [0, 0.1) is 0 Å². The van der Waals surface area contributed by atoms with Crippen molar-refractivity contribution in [3.8, 4) is 0 Å². The van der Waals surface area contributed by atoms with Crippen LogP contribution in [0.15, 0.2) is 25.3 Å². The third-order valence-corrected chi connectivity index (χ3v) is 3.28. The zero-order valence-corrected chi connectivity index (χ0v) is 13.8. The van der Waals surface area contributed by atoms with E-state index in [9.17, 15) is 4.79 Å². The fourth-order valence-electron chi connectivity index (χ4n) is 2.36. The number of hydrogen-bond donors (Lipinski definition) is 1. The van der Waals surface area contributed by atoms with E-state index < -0.39 is 11.3 Å². The molecule has 0 bridgehead atoms. The maximum Gasteiger partial charge on any atom is 0.412 e. The van der Waals surface area contributed by atoms with E-state index in [4.69, 9.17) is 9.47 Å². The van der Waals surface area contributed by atoms with Gasteiger partial charge in [0.05, 0.1) is 12.6 Å². The van der Waals surface area contributed by atoms with Gasteiger partial charge in [0.2, 0.25) is 0 Å². The Morgan fingerprint density at radius 2 is 2.14 bits per heavy atom. The average Bonchev–Trinajstić information content (AvgIpc) is 2.64. The molecule has 1 N–H and O–H groups in total. The molecule has 5 nitrogen and oxygen atoms in total. The lowest BCUT2D eigenvalue weighted by Crippen LogP contribution is -2.55. The molecule has 1 aliphatic rings. The zero-order valence-electron chi connectivity index (χ0n) is 13.8. The summed E-state index contributed by atoms with van der Waals surface area (Å²) < 4.78 is 11.3. The third-order valence-electron chi connectivity index (χ3n) is 3.28. The number of amides is 1. The number of nitrogens with zero attached hydrogens (tertiary/aromatic N) is 1. The summed E-state index contributed by atoms with van der Waals surface area (Å²) >= 11 is 0.